The van der Waals surface area contributed by atoms with Crippen LogP contribution >= 0.6 is 0 Å². The molecule has 4 rings (SSSR count). The molecule has 0 amide bonds. The van der Waals surface area contributed by atoms with E-state index in [1.54, 1.807) is 21.3 Å². The third-order valence-electron chi connectivity index (χ3n) is 4.70. The van der Waals surface area contributed by atoms with Crippen molar-refractivity contribution >= 4 is 10.8 Å². The quantitative estimate of drug-likeness (QED) is 0.693. The maximum absolute atomic E-state index is 5.49. The third kappa shape index (κ3) is 2.26. The van der Waals surface area contributed by atoms with E-state index in [0.29, 0.717) is 0 Å². The predicted octanol–water partition coefficient (Wildman–Crippen LogP) is 3.38. The second-order valence-corrected chi connectivity index (χ2v) is 5.96. The van der Waals surface area contributed by atoms with E-state index in [2.05, 4.69) is 41.1 Å². The summed E-state index contributed by atoms with van der Waals surface area (Å²) in [6.07, 6.45) is 3.19. The van der Waals surface area contributed by atoms with E-state index >= 15 is 0 Å². The summed E-state index contributed by atoms with van der Waals surface area (Å²) in [6.45, 7) is 0.958. The first-order chi connectivity index (χ1) is 11.7. The predicted molar refractivity (Wildman–Crippen MR) is 92.9 cm³/mol. The zero-order valence-corrected chi connectivity index (χ0v) is 14.1. The molecule has 1 aliphatic rings. The number of hydrogen-bond donors (Lipinski definition) is 0. The Hall–Kier alpha value is -2.75. The summed E-state index contributed by atoms with van der Waals surface area (Å²) in [5, 5.41) is 2.38. The molecule has 0 aliphatic carbocycles. The molecule has 1 aliphatic heterocycles. The molecule has 0 fully saturated rings. The fourth-order valence-electron chi connectivity index (χ4n) is 3.41. The summed E-state index contributed by atoms with van der Waals surface area (Å²) in [7, 11) is 5.04. The molecule has 0 N–H and O–H groups in total. The Morgan fingerprint density at radius 2 is 1.62 bits per heavy atom. The van der Waals surface area contributed by atoms with Crippen molar-refractivity contribution in [3.8, 4) is 28.5 Å². The van der Waals surface area contributed by atoms with Crippen LogP contribution in [0.15, 0.2) is 42.6 Å². The van der Waals surface area contributed by atoms with E-state index in [9.17, 15) is 0 Å². The van der Waals surface area contributed by atoms with Gasteiger partial charge in [0.1, 0.15) is 5.75 Å². The molecule has 4 heteroatoms. The molecule has 4 nitrogen and oxygen atoms in total. The fraction of sp³-hybridized carbons (Fsp3) is 0.250. The lowest BCUT2D eigenvalue weighted by atomic mass is 9.95. The fourth-order valence-corrected chi connectivity index (χ4v) is 3.41. The minimum atomic E-state index is 0.760. The van der Waals surface area contributed by atoms with Gasteiger partial charge in [0.25, 0.3) is 0 Å². The summed E-state index contributed by atoms with van der Waals surface area (Å²) in [5.41, 5.74) is 3.68. The van der Waals surface area contributed by atoms with E-state index in [4.69, 9.17) is 14.2 Å². The first-order valence-electron chi connectivity index (χ1n) is 8.00. The number of aryl methyl sites for hydroxylation is 2. The van der Waals surface area contributed by atoms with Gasteiger partial charge in [-0.05, 0) is 41.3 Å². The molecule has 0 spiro atoms. The highest BCUT2D eigenvalue weighted by Gasteiger charge is 2.25. The van der Waals surface area contributed by atoms with Gasteiger partial charge >= 0.3 is 0 Å². The average Bonchev–Trinajstić information content (AvgIpc) is 2.64. The van der Waals surface area contributed by atoms with Crippen molar-refractivity contribution in [2.24, 2.45) is 0 Å². The molecule has 1 aromatic heterocycles. The molecule has 2 aromatic carbocycles. The minimum absolute atomic E-state index is 0.760. The van der Waals surface area contributed by atoms with Gasteiger partial charge in [-0.3, -0.25) is 0 Å². The van der Waals surface area contributed by atoms with Gasteiger partial charge in [-0.2, -0.15) is 4.57 Å². The smallest absolute Gasteiger partial charge is 0.213 e. The number of hydrogen-bond acceptors (Lipinski definition) is 3. The highest BCUT2D eigenvalue weighted by Crippen LogP contribution is 2.37. The van der Waals surface area contributed by atoms with Gasteiger partial charge in [0, 0.05) is 17.9 Å². The summed E-state index contributed by atoms with van der Waals surface area (Å²) >= 11 is 0. The number of fused-ring (bicyclic) bond motifs is 4. The normalized spacial score (nSPS) is 12.5. The molecular weight excluding hydrogens is 302 g/mol. The summed E-state index contributed by atoms with van der Waals surface area (Å²) in [5.74, 6) is 2.42. The highest BCUT2D eigenvalue weighted by atomic mass is 16.5. The van der Waals surface area contributed by atoms with Crippen molar-refractivity contribution in [2.45, 2.75) is 13.0 Å². The van der Waals surface area contributed by atoms with Crippen LogP contribution in [0.4, 0.5) is 0 Å². The van der Waals surface area contributed by atoms with Crippen LogP contribution in [0, 0.1) is 0 Å². The van der Waals surface area contributed by atoms with Gasteiger partial charge in [-0.25, -0.2) is 0 Å². The van der Waals surface area contributed by atoms with E-state index in [-0.39, 0.29) is 0 Å². The van der Waals surface area contributed by atoms with Gasteiger partial charge in [-0.1, -0.05) is 0 Å². The largest absolute Gasteiger partial charge is 0.497 e. The Morgan fingerprint density at radius 1 is 0.833 bits per heavy atom. The lowest BCUT2D eigenvalue weighted by Gasteiger charge is -2.18. The van der Waals surface area contributed by atoms with Crippen LogP contribution in [-0.2, 0) is 13.0 Å². The van der Waals surface area contributed by atoms with Gasteiger partial charge in [0.15, 0.2) is 24.2 Å². The maximum atomic E-state index is 5.49. The molecule has 3 aromatic rings. The van der Waals surface area contributed by atoms with Crippen molar-refractivity contribution < 1.29 is 18.8 Å². The number of nitrogens with zero attached hydrogens (tertiary/aromatic N) is 1. The van der Waals surface area contributed by atoms with Crippen molar-refractivity contribution in [1.82, 2.24) is 0 Å². The molecule has 0 saturated carbocycles. The number of benzene rings is 2. The Morgan fingerprint density at radius 3 is 2.38 bits per heavy atom. The Labute approximate surface area is 141 Å². The number of ether oxygens (including phenoxy) is 3. The van der Waals surface area contributed by atoms with E-state index in [1.807, 2.05) is 6.07 Å². The number of aromatic nitrogens is 1. The topological polar surface area (TPSA) is 31.6 Å². The summed E-state index contributed by atoms with van der Waals surface area (Å²) in [6, 6.07) is 12.6. The van der Waals surface area contributed by atoms with E-state index in [0.717, 1.165) is 30.2 Å². The lowest BCUT2D eigenvalue weighted by molar-refractivity contribution is -0.686. The number of methoxy groups -OCH3 is 3. The highest BCUT2D eigenvalue weighted by molar-refractivity contribution is 5.86. The first-order valence-corrected chi connectivity index (χ1v) is 8.00. The molecule has 0 unspecified atom stereocenters. The molecule has 2 heterocycles. The van der Waals surface area contributed by atoms with Crippen LogP contribution in [0.3, 0.4) is 0 Å². The van der Waals surface area contributed by atoms with Crippen LogP contribution in [0.5, 0.6) is 17.2 Å². The van der Waals surface area contributed by atoms with Crippen LogP contribution in [0.1, 0.15) is 5.56 Å². The Kier molecular flexibility index (Phi) is 3.53. The minimum Gasteiger partial charge on any atom is -0.497 e. The molecule has 0 radical (unpaired) electrons. The second kappa shape index (κ2) is 5.71. The summed E-state index contributed by atoms with van der Waals surface area (Å²) in [4.78, 5) is 0. The van der Waals surface area contributed by atoms with Gasteiger partial charge in [-0.15, -0.1) is 0 Å². The third-order valence-corrected chi connectivity index (χ3v) is 4.70. The molecular formula is C20H20NO3+. The Balaban J connectivity index is 1.94. The van der Waals surface area contributed by atoms with E-state index < -0.39 is 0 Å². The molecule has 122 valence electrons. The van der Waals surface area contributed by atoms with Crippen LogP contribution < -0.4 is 18.8 Å². The zero-order chi connectivity index (χ0) is 16.7. The summed E-state index contributed by atoms with van der Waals surface area (Å²) < 4.78 is 18.6. The van der Waals surface area contributed by atoms with Crippen LogP contribution in [-0.4, -0.2) is 21.3 Å². The van der Waals surface area contributed by atoms with Gasteiger partial charge in [0.05, 0.1) is 26.9 Å². The Bertz CT molecular complexity index is 934. The second-order valence-electron chi connectivity index (χ2n) is 5.96. The molecule has 0 atom stereocenters. The number of pyridine rings is 1. The maximum Gasteiger partial charge on any atom is 0.213 e. The van der Waals surface area contributed by atoms with Crippen LogP contribution in [0.25, 0.3) is 22.0 Å². The van der Waals surface area contributed by atoms with Crippen molar-refractivity contribution in [2.75, 3.05) is 21.3 Å². The molecule has 0 saturated heterocycles. The van der Waals surface area contributed by atoms with Crippen molar-refractivity contribution in [1.29, 1.82) is 0 Å². The SMILES string of the molecule is COc1ccc2c[n+]3c(cc2c1)-c1cc(OC)c(OC)cc1CC3. The molecule has 0 bridgehead atoms. The van der Waals surface area contributed by atoms with Gasteiger partial charge < -0.3 is 14.2 Å². The van der Waals surface area contributed by atoms with Gasteiger partial charge in [0.2, 0.25) is 5.69 Å². The number of rotatable bonds is 3. The molecule has 24 heavy (non-hydrogen) atoms. The van der Waals surface area contributed by atoms with E-state index in [1.165, 1.54) is 27.6 Å². The first kappa shape index (κ1) is 14.8. The van der Waals surface area contributed by atoms with Crippen LogP contribution in [0.2, 0.25) is 0 Å². The van der Waals surface area contributed by atoms with Crippen molar-refractivity contribution in [3.63, 3.8) is 0 Å². The standard InChI is InChI=1S/C20H20NO3/c1-22-16-5-4-14-12-21-7-6-13-10-19(23-2)20(24-3)11-17(13)18(21)9-15(14)8-16/h4-5,8-12H,6-7H2,1-3H3/q+1. The monoisotopic (exact) mass is 322 g/mol. The zero-order valence-electron chi connectivity index (χ0n) is 14.1. The lowest BCUT2D eigenvalue weighted by Crippen LogP contribution is -2.40. The van der Waals surface area contributed by atoms with Crippen molar-refractivity contribution in [3.05, 3.63) is 48.2 Å². The average molecular weight is 322 g/mol.